The molecule has 0 bridgehead atoms. The van der Waals surface area contributed by atoms with Crippen LogP contribution < -0.4 is 10.5 Å². The Bertz CT molecular complexity index is 621. The van der Waals surface area contributed by atoms with E-state index < -0.39 is 10.0 Å². The Kier molecular flexibility index (Phi) is 4.50. The molecular weight excluding hydrogens is 272 g/mol. The van der Waals surface area contributed by atoms with Gasteiger partial charge < -0.3 is 5.73 Å². The molecule has 110 valence electrons. The molecule has 20 heavy (non-hydrogen) atoms. The van der Waals surface area contributed by atoms with Gasteiger partial charge in [-0.05, 0) is 62.3 Å². The van der Waals surface area contributed by atoms with Gasteiger partial charge in [-0.3, -0.25) is 0 Å². The highest BCUT2D eigenvalue weighted by molar-refractivity contribution is 7.89. The van der Waals surface area contributed by atoms with E-state index in [2.05, 4.69) is 16.9 Å². The van der Waals surface area contributed by atoms with Crippen LogP contribution >= 0.6 is 0 Å². The first-order valence-electron chi connectivity index (χ1n) is 6.91. The van der Waals surface area contributed by atoms with E-state index in [4.69, 9.17) is 5.73 Å². The molecule has 1 aromatic rings. The third kappa shape index (κ3) is 3.41. The fraction of sp³-hybridized carbons (Fsp3) is 0.467. The number of hydrogen-bond acceptors (Lipinski definition) is 3. The van der Waals surface area contributed by atoms with Crippen molar-refractivity contribution in [1.29, 1.82) is 0 Å². The summed E-state index contributed by atoms with van der Waals surface area (Å²) in [6, 6.07) is 3.47. The zero-order valence-corrected chi connectivity index (χ0v) is 12.8. The molecule has 1 atom stereocenters. The van der Waals surface area contributed by atoms with Crippen molar-refractivity contribution in [3.05, 3.63) is 35.4 Å². The molecule has 0 saturated heterocycles. The molecule has 0 aromatic heterocycles. The van der Waals surface area contributed by atoms with Gasteiger partial charge in [-0.1, -0.05) is 12.2 Å². The summed E-state index contributed by atoms with van der Waals surface area (Å²) in [4.78, 5) is 0.293. The van der Waals surface area contributed by atoms with Crippen LogP contribution in [0.4, 0.5) is 5.69 Å². The molecule has 5 heteroatoms. The van der Waals surface area contributed by atoms with Crippen LogP contribution in [0, 0.1) is 19.8 Å². The largest absolute Gasteiger partial charge is 0.398 e. The van der Waals surface area contributed by atoms with Gasteiger partial charge in [0.05, 0.1) is 4.90 Å². The van der Waals surface area contributed by atoms with Gasteiger partial charge in [-0.25, -0.2) is 13.1 Å². The van der Waals surface area contributed by atoms with Gasteiger partial charge in [0.15, 0.2) is 0 Å². The first-order valence-corrected chi connectivity index (χ1v) is 8.40. The van der Waals surface area contributed by atoms with Gasteiger partial charge in [-0.2, -0.15) is 0 Å². The first-order chi connectivity index (χ1) is 9.40. The molecule has 0 amide bonds. The molecule has 1 aliphatic rings. The Morgan fingerprint density at radius 1 is 1.30 bits per heavy atom. The Morgan fingerprint density at radius 2 is 2.05 bits per heavy atom. The lowest BCUT2D eigenvalue weighted by atomic mass is 9.95. The molecule has 0 radical (unpaired) electrons. The molecule has 3 N–H and O–H groups in total. The summed E-state index contributed by atoms with van der Waals surface area (Å²) >= 11 is 0. The highest BCUT2D eigenvalue weighted by Gasteiger charge is 2.20. The molecule has 1 aliphatic carbocycles. The lowest BCUT2D eigenvalue weighted by Gasteiger charge is -2.19. The quantitative estimate of drug-likeness (QED) is 0.662. The fourth-order valence-corrected chi connectivity index (χ4v) is 3.95. The number of sulfonamides is 1. The molecule has 4 nitrogen and oxygen atoms in total. The number of hydrogen-bond donors (Lipinski definition) is 2. The second kappa shape index (κ2) is 5.97. The fourth-order valence-electron chi connectivity index (χ4n) is 2.48. The molecule has 0 heterocycles. The van der Waals surface area contributed by atoms with E-state index in [-0.39, 0.29) is 0 Å². The molecule has 0 fully saturated rings. The van der Waals surface area contributed by atoms with Crippen molar-refractivity contribution in [2.75, 3.05) is 12.3 Å². The van der Waals surface area contributed by atoms with E-state index >= 15 is 0 Å². The summed E-state index contributed by atoms with van der Waals surface area (Å²) in [6.07, 6.45) is 7.28. The summed E-state index contributed by atoms with van der Waals surface area (Å²) in [7, 11) is -3.49. The van der Waals surface area contributed by atoms with Crippen molar-refractivity contribution < 1.29 is 8.42 Å². The third-order valence-electron chi connectivity index (χ3n) is 3.77. The van der Waals surface area contributed by atoms with Gasteiger partial charge in [-0.15, -0.1) is 0 Å². The van der Waals surface area contributed by atoms with Crippen molar-refractivity contribution in [1.82, 2.24) is 4.72 Å². The molecule has 0 aliphatic heterocycles. The van der Waals surface area contributed by atoms with Crippen LogP contribution in [0.2, 0.25) is 0 Å². The van der Waals surface area contributed by atoms with Gasteiger partial charge in [0.1, 0.15) is 0 Å². The Balaban J connectivity index is 2.16. The minimum absolute atomic E-state index is 0.293. The number of nitrogen functional groups attached to an aromatic ring is 1. The van der Waals surface area contributed by atoms with E-state index in [1.165, 1.54) is 0 Å². The third-order valence-corrected chi connectivity index (χ3v) is 5.32. The van der Waals surface area contributed by atoms with E-state index in [1.54, 1.807) is 19.1 Å². The van der Waals surface area contributed by atoms with E-state index in [0.29, 0.717) is 28.6 Å². The van der Waals surface area contributed by atoms with Crippen molar-refractivity contribution in [3.8, 4) is 0 Å². The standard InChI is InChI=1S/C15H22N2O2S/c1-11-8-14(16)12(2)15(9-11)20(18,19)17-10-13-6-4-3-5-7-13/h3-4,8-9,13,17H,5-7,10,16H2,1-2H3. The van der Waals surface area contributed by atoms with Crippen LogP contribution in [0.5, 0.6) is 0 Å². The highest BCUT2D eigenvalue weighted by atomic mass is 32.2. The minimum atomic E-state index is -3.49. The van der Waals surface area contributed by atoms with E-state index in [9.17, 15) is 8.42 Å². The predicted octanol–water partition coefficient (Wildman–Crippen LogP) is 2.52. The number of benzene rings is 1. The molecule has 1 unspecified atom stereocenters. The average molecular weight is 294 g/mol. The molecule has 1 aromatic carbocycles. The Labute approximate surface area is 121 Å². The molecule has 0 saturated carbocycles. The summed E-state index contributed by atoms with van der Waals surface area (Å²) in [5, 5.41) is 0. The number of anilines is 1. The zero-order chi connectivity index (χ0) is 14.8. The van der Waals surface area contributed by atoms with Crippen LogP contribution in [0.15, 0.2) is 29.2 Å². The second-order valence-corrected chi connectivity index (χ2v) is 7.22. The maximum atomic E-state index is 12.4. The normalized spacial score (nSPS) is 19.2. The topological polar surface area (TPSA) is 72.2 Å². The minimum Gasteiger partial charge on any atom is -0.398 e. The molecule has 2 rings (SSSR count). The summed E-state index contributed by atoms with van der Waals surface area (Å²) in [6.45, 7) is 4.08. The van der Waals surface area contributed by atoms with Gasteiger partial charge in [0.25, 0.3) is 0 Å². The Hall–Kier alpha value is -1.33. The van der Waals surface area contributed by atoms with Crippen LogP contribution in [0.25, 0.3) is 0 Å². The summed E-state index contributed by atoms with van der Waals surface area (Å²) in [5.74, 6) is 0.386. The summed E-state index contributed by atoms with van der Waals surface area (Å²) < 4.78 is 27.6. The second-order valence-electron chi connectivity index (χ2n) is 5.48. The van der Waals surface area contributed by atoms with Crippen molar-refractivity contribution >= 4 is 15.7 Å². The number of aryl methyl sites for hydroxylation is 1. The van der Waals surface area contributed by atoms with Gasteiger partial charge in [0.2, 0.25) is 10.0 Å². The lowest BCUT2D eigenvalue weighted by Crippen LogP contribution is -2.30. The molecule has 0 spiro atoms. The lowest BCUT2D eigenvalue weighted by molar-refractivity contribution is 0.468. The van der Waals surface area contributed by atoms with Crippen LogP contribution in [-0.2, 0) is 10.0 Å². The van der Waals surface area contributed by atoms with E-state index in [0.717, 1.165) is 24.8 Å². The van der Waals surface area contributed by atoms with E-state index in [1.807, 2.05) is 6.92 Å². The SMILES string of the molecule is Cc1cc(N)c(C)c(S(=O)(=O)NCC2CC=CCC2)c1. The first kappa shape index (κ1) is 15.1. The van der Waals surface area contributed by atoms with Crippen LogP contribution in [0.3, 0.4) is 0 Å². The van der Waals surface area contributed by atoms with Gasteiger partial charge in [0, 0.05) is 12.2 Å². The smallest absolute Gasteiger partial charge is 0.240 e. The number of nitrogens with two attached hydrogens (primary N) is 1. The maximum Gasteiger partial charge on any atom is 0.240 e. The maximum absolute atomic E-state index is 12.4. The Morgan fingerprint density at radius 3 is 2.70 bits per heavy atom. The zero-order valence-electron chi connectivity index (χ0n) is 12.0. The number of allylic oxidation sites excluding steroid dienone is 2. The monoisotopic (exact) mass is 294 g/mol. The van der Waals surface area contributed by atoms with Gasteiger partial charge >= 0.3 is 0 Å². The summed E-state index contributed by atoms with van der Waals surface area (Å²) in [5.41, 5.74) is 7.85. The van der Waals surface area contributed by atoms with Crippen molar-refractivity contribution in [2.45, 2.75) is 38.0 Å². The van der Waals surface area contributed by atoms with Crippen molar-refractivity contribution in [2.24, 2.45) is 5.92 Å². The average Bonchev–Trinajstić information content (AvgIpc) is 2.42. The highest BCUT2D eigenvalue weighted by Crippen LogP contribution is 2.24. The van der Waals surface area contributed by atoms with Crippen molar-refractivity contribution in [3.63, 3.8) is 0 Å². The predicted molar refractivity (Wildman–Crippen MR) is 82.0 cm³/mol. The number of nitrogens with one attached hydrogen (secondary N) is 1. The number of rotatable bonds is 4. The van der Waals surface area contributed by atoms with Crippen LogP contribution in [0.1, 0.15) is 30.4 Å². The van der Waals surface area contributed by atoms with Crippen LogP contribution in [-0.4, -0.2) is 15.0 Å². The molecular formula is C15H22N2O2S.